The molecule has 0 aliphatic carbocycles. The lowest BCUT2D eigenvalue weighted by atomic mass is 10.3. The largest absolute Gasteiger partial charge is 0.345 e. The van der Waals surface area contributed by atoms with E-state index >= 15 is 0 Å². The molecule has 2 aromatic heterocycles. The summed E-state index contributed by atoms with van der Waals surface area (Å²) in [6.45, 7) is 2.49. The molecule has 0 unspecified atom stereocenters. The number of amides is 1. The van der Waals surface area contributed by atoms with Crippen molar-refractivity contribution in [2.24, 2.45) is 7.05 Å². The van der Waals surface area contributed by atoms with Crippen molar-refractivity contribution in [2.45, 2.75) is 19.9 Å². The number of nitrogens with one attached hydrogen (secondary N) is 2. The van der Waals surface area contributed by atoms with Crippen molar-refractivity contribution in [2.75, 3.05) is 0 Å². The molecule has 2 N–H and O–H groups in total. The molecule has 0 aromatic carbocycles. The van der Waals surface area contributed by atoms with E-state index in [4.69, 9.17) is 0 Å². The smallest absolute Gasteiger partial charge is 0.268 e. The molecule has 18 heavy (non-hydrogen) atoms. The number of aromatic amines is 1. The number of nitrogens with zero attached hydrogens (tertiary/aromatic N) is 2. The lowest BCUT2D eigenvalue weighted by Crippen LogP contribution is -2.24. The van der Waals surface area contributed by atoms with Crippen molar-refractivity contribution >= 4 is 21.8 Å². The minimum Gasteiger partial charge on any atom is -0.345 e. The van der Waals surface area contributed by atoms with E-state index in [0.29, 0.717) is 12.2 Å². The molecule has 5 nitrogen and oxygen atoms in total. The monoisotopic (exact) mass is 310 g/mol. The van der Waals surface area contributed by atoms with Gasteiger partial charge in [0.2, 0.25) is 0 Å². The Labute approximate surface area is 114 Å². The summed E-state index contributed by atoms with van der Waals surface area (Å²) in [5.74, 6) is -0.101. The van der Waals surface area contributed by atoms with Crippen LogP contribution in [0, 0.1) is 0 Å². The standard InChI is InChI=1S/C12H15BrN4O/c1-3-9-5-10(16-15-9)6-14-12(18)11-4-8(13)7-17(11)2/h4-5,7H,3,6H2,1-2H3,(H,14,18)(H,15,16). The van der Waals surface area contributed by atoms with E-state index in [1.807, 2.05) is 26.2 Å². The van der Waals surface area contributed by atoms with Crippen molar-refractivity contribution in [3.63, 3.8) is 0 Å². The van der Waals surface area contributed by atoms with Crippen LogP contribution in [0.5, 0.6) is 0 Å². The Balaban J connectivity index is 1.98. The van der Waals surface area contributed by atoms with Crippen LogP contribution in [-0.2, 0) is 20.0 Å². The Bertz CT molecular complexity index is 558. The fourth-order valence-corrected chi connectivity index (χ4v) is 2.22. The van der Waals surface area contributed by atoms with E-state index in [0.717, 1.165) is 22.3 Å². The van der Waals surface area contributed by atoms with Crippen LogP contribution in [0.2, 0.25) is 0 Å². The first-order valence-electron chi connectivity index (χ1n) is 5.73. The summed E-state index contributed by atoms with van der Waals surface area (Å²) in [5, 5.41) is 9.88. The molecule has 6 heteroatoms. The van der Waals surface area contributed by atoms with Crippen LogP contribution in [0.15, 0.2) is 22.8 Å². The Morgan fingerprint density at radius 2 is 2.33 bits per heavy atom. The molecule has 2 rings (SSSR count). The highest BCUT2D eigenvalue weighted by molar-refractivity contribution is 9.10. The minimum atomic E-state index is -0.101. The minimum absolute atomic E-state index is 0.101. The SMILES string of the molecule is CCc1cc(CNC(=O)c2cc(Br)cn2C)[nH]n1. The number of aromatic nitrogens is 3. The molecule has 1 amide bonds. The highest BCUT2D eigenvalue weighted by Gasteiger charge is 2.11. The second-order valence-electron chi connectivity index (χ2n) is 4.08. The van der Waals surface area contributed by atoms with Gasteiger partial charge in [-0.25, -0.2) is 0 Å². The third-order valence-corrected chi connectivity index (χ3v) is 3.12. The van der Waals surface area contributed by atoms with Gasteiger partial charge in [-0.3, -0.25) is 9.89 Å². The van der Waals surface area contributed by atoms with Crippen LogP contribution in [0.3, 0.4) is 0 Å². The van der Waals surface area contributed by atoms with Crippen LogP contribution >= 0.6 is 15.9 Å². The van der Waals surface area contributed by atoms with Crippen molar-refractivity contribution in [1.29, 1.82) is 0 Å². The number of hydrogen-bond acceptors (Lipinski definition) is 2. The average Bonchev–Trinajstić information content (AvgIpc) is 2.92. The molecule has 0 saturated carbocycles. The van der Waals surface area contributed by atoms with E-state index in [9.17, 15) is 4.79 Å². The first kappa shape index (κ1) is 12.9. The van der Waals surface area contributed by atoms with Gasteiger partial charge in [0.1, 0.15) is 5.69 Å². The molecule has 0 atom stereocenters. The van der Waals surface area contributed by atoms with Gasteiger partial charge in [-0.05, 0) is 34.5 Å². The van der Waals surface area contributed by atoms with Gasteiger partial charge in [0.15, 0.2) is 0 Å². The zero-order valence-electron chi connectivity index (χ0n) is 10.3. The lowest BCUT2D eigenvalue weighted by Gasteiger charge is -2.04. The molecule has 96 valence electrons. The zero-order valence-corrected chi connectivity index (χ0v) is 11.9. The van der Waals surface area contributed by atoms with Gasteiger partial charge in [-0.1, -0.05) is 6.92 Å². The predicted molar refractivity (Wildman–Crippen MR) is 72.2 cm³/mol. The van der Waals surface area contributed by atoms with Crippen molar-refractivity contribution < 1.29 is 4.79 Å². The van der Waals surface area contributed by atoms with Crippen molar-refractivity contribution in [1.82, 2.24) is 20.1 Å². The third-order valence-electron chi connectivity index (χ3n) is 2.69. The molecule has 0 saturated heterocycles. The molecule has 0 aliphatic rings. The van der Waals surface area contributed by atoms with Gasteiger partial charge < -0.3 is 9.88 Å². The van der Waals surface area contributed by atoms with Gasteiger partial charge in [0.25, 0.3) is 5.91 Å². The van der Waals surface area contributed by atoms with Gasteiger partial charge >= 0.3 is 0 Å². The first-order valence-corrected chi connectivity index (χ1v) is 6.52. The highest BCUT2D eigenvalue weighted by Crippen LogP contribution is 2.13. The fraction of sp³-hybridized carbons (Fsp3) is 0.333. The lowest BCUT2D eigenvalue weighted by molar-refractivity contribution is 0.0942. The number of rotatable bonds is 4. The Morgan fingerprint density at radius 1 is 1.56 bits per heavy atom. The number of aryl methyl sites for hydroxylation is 2. The van der Waals surface area contributed by atoms with Crippen LogP contribution in [0.25, 0.3) is 0 Å². The topological polar surface area (TPSA) is 62.7 Å². The van der Waals surface area contributed by atoms with Crippen LogP contribution in [-0.4, -0.2) is 20.7 Å². The van der Waals surface area contributed by atoms with Crippen LogP contribution in [0.1, 0.15) is 28.8 Å². The molecule has 0 fully saturated rings. The molecule has 0 spiro atoms. The molecular formula is C12H15BrN4O. The maximum Gasteiger partial charge on any atom is 0.268 e. The highest BCUT2D eigenvalue weighted by atomic mass is 79.9. The normalized spacial score (nSPS) is 10.6. The summed E-state index contributed by atoms with van der Waals surface area (Å²) in [4.78, 5) is 11.9. The second kappa shape index (κ2) is 5.39. The molecule has 2 heterocycles. The summed E-state index contributed by atoms with van der Waals surface area (Å²) in [7, 11) is 1.84. The quantitative estimate of drug-likeness (QED) is 0.907. The van der Waals surface area contributed by atoms with E-state index < -0.39 is 0 Å². The van der Waals surface area contributed by atoms with E-state index in [1.54, 1.807) is 10.6 Å². The summed E-state index contributed by atoms with van der Waals surface area (Å²) in [6.07, 6.45) is 2.73. The average molecular weight is 311 g/mol. The molecule has 0 aliphatic heterocycles. The maximum atomic E-state index is 11.9. The van der Waals surface area contributed by atoms with Crippen LogP contribution in [0.4, 0.5) is 0 Å². The molecule has 2 aromatic rings. The molecule has 0 bridgehead atoms. The Morgan fingerprint density at radius 3 is 2.89 bits per heavy atom. The second-order valence-corrected chi connectivity index (χ2v) is 4.99. The number of H-pyrrole nitrogens is 1. The van der Waals surface area contributed by atoms with E-state index in [-0.39, 0.29) is 5.91 Å². The Hall–Kier alpha value is -1.56. The Kier molecular flexibility index (Phi) is 3.86. The molecular weight excluding hydrogens is 296 g/mol. The third kappa shape index (κ3) is 2.81. The fourth-order valence-electron chi connectivity index (χ4n) is 1.70. The van der Waals surface area contributed by atoms with Gasteiger partial charge in [0.05, 0.1) is 17.9 Å². The maximum absolute atomic E-state index is 11.9. The van der Waals surface area contributed by atoms with Crippen molar-refractivity contribution in [3.8, 4) is 0 Å². The summed E-state index contributed by atoms with van der Waals surface area (Å²) < 4.78 is 2.68. The summed E-state index contributed by atoms with van der Waals surface area (Å²) in [5.41, 5.74) is 2.53. The number of hydrogen-bond donors (Lipinski definition) is 2. The van der Waals surface area contributed by atoms with E-state index in [1.165, 1.54) is 0 Å². The van der Waals surface area contributed by atoms with Gasteiger partial charge in [-0.2, -0.15) is 5.10 Å². The van der Waals surface area contributed by atoms with Gasteiger partial charge in [-0.15, -0.1) is 0 Å². The van der Waals surface area contributed by atoms with Crippen molar-refractivity contribution in [3.05, 3.63) is 39.9 Å². The summed E-state index contributed by atoms with van der Waals surface area (Å²) >= 11 is 3.34. The number of carbonyl (C=O) groups excluding carboxylic acids is 1. The van der Waals surface area contributed by atoms with E-state index in [2.05, 4.69) is 31.4 Å². The van der Waals surface area contributed by atoms with Gasteiger partial charge in [0, 0.05) is 17.7 Å². The number of carbonyl (C=O) groups is 1. The van der Waals surface area contributed by atoms with Crippen LogP contribution < -0.4 is 5.32 Å². The predicted octanol–water partition coefficient (Wildman–Crippen LogP) is 2.00. The summed E-state index contributed by atoms with van der Waals surface area (Å²) in [6, 6.07) is 3.75. The molecule has 0 radical (unpaired) electrons. The number of halogens is 1. The zero-order chi connectivity index (χ0) is 13.1. The first-order chi connectivity index (χ1) is 8.60.